The monoisotopic (exact) mass is 683 g/mol. The summed E-state index contributed by atoms with van der Waals surface area (Å²) in [5, 5.41) is 6.56. The van der Waals surface area contributed by atoms with Crippen LogP contribution in [0, 0.1) is 31.1 Å². The summed E-state index contributed by atoms with van der Waals surface area (Å²) >= 11 is 0. The van der Waals surface area contributed by atoms with Crippen LogP contribution in [0.25, 0.3) is 0 Å². The summed E-state index contributed by atoms with van der Waals surface area (Å²) in [5.74, 6) is 0.729. The van der Waals surface area contributed by atoms with E-state index in [1.165, 1.54) is 16.7 Å². The number of likely N-dealkylation sites (tertiary alicyclic amines) is 1. The summed E-state index contributed by atoms with van der Waals surface area (Å²) in [5.41, 5.74) is 3.65. The van der Waals surface area contributed by atoms with Crippen LogP contribution < -0.4 is 15.4 Å². The van der Waals surface area contributed by atoms with Gasteiger partial charge < -0.3 is 4.74 Å². The number of halogens is 3. The largest absolute Gasteiger partial charge is 0.401 e. The SMILES string of the molecule is Cc1cccc(C)c1C1CC2NC(N1)NS(=O)(=O)C1CCCC(C1)CN(C1CC3(CCN(CC(F)(F)F)CC3)C1)[C@H](CC(C)C)CO2. The number of nitrogens with one attached hydrogen (secondary N) is 3. The molecule has 0 amide bonds. The number of nitrogens with zero attached hydrogens (tertiary/aromatic N) is 2. The van der Waals surface area contributed by atoms with E-state index in [4.69, 9.17) is 4.74 Å². The predicted molar refractivity (Wildman–Crippen MR) is 178 cm³/mol. The highest BCUT2D eigenvalue weighted by atomic mass is 32.2. The normalized spacial score (nSPS) is 34.3. The second-order valence-corrected chi connectivity index (χ2v) is 17.9. The maximum Gasteiger partial charge on any atom is 0.401 e. The first-order chi connectivity index (χ1) is 22.2. The van der Waals surface area contributed by atoms with Gasteiger partial charge in [-0.05, 0) is 112 Å². The van der Waals surface area contributed by atoms with Gasteiger partial charge in [-0.3, -0.25) is 20.4 Å². The van der Waals surface area contributed by atoms with Crippen molar-refractivity contribution >= 4 is 10.0 Å². The van der Waals surface area contributed by atoms with Crippen molar-refractivity contribution in [2.24, 2.45) is 17.3 Å². The van der Waals surface area contributed by atoms with Crippen LogP contribution in [0.15, 0.2) is 18.2 Å². The average molecular weight is 684 g/mol. The molecule has 3 saturated heterocycles. The molecule has 2 aliphatic carbocycles. The first kappa shape index (κ1) is 35.5. The molecule has 6 rings (SSSR count). The van der Waals surface area contributed by atoms with Crippen LogP contribution in [0.4, 0.5) is 13.2 Å². The molecule has 0 aromatic heterocycles. The number of aryl methyl sites for hydroxylation is 2. The average Bonchev–Trinajstić information content (AvgIpc) is 2.96. The van der Waals surface area contributed by atoms with Crippen LogP contribution in [-0.2, 0) is 14.8 Å². The molecule has 1 spiro atoms. The summed E-state index contributed by atoms with van der Waals surface area (Å²) in [6, 6.07) is 6.71. The van der Waals surface area contributed by atoms with E-state index in [1.807, 2.05) is 0 Å². The number of fused-ring (bicyclic) bond motifs is 4. The van der Waals surface area contributed by atoms with Crippen LogP contribution in [-0.4, -0.2) is 87.0 Å². The van der Waals surface area contributed by atoms with Gasteiger partial charge in [-0.25, -0.2) is 8.42 Å². The highest BCUT2D eigenvalue weighted by Crippen LogP contribution is 2.52. The molecule has 266 valence electrons. The number of ether oxygens (including phenoxy) is 1. The summed E-state index contributed by atoms with van der Waals surface area (Å²) in [7, 11) is -3.61. The van der Waals surface area contributed by atoms with E-state index in [0.717, 1.165) is 51.5 Å². The number of alkyl halides is 3. The summed E-state index contributed by atoms with van der Waals surface area (Å²) in [6.07, 6.45) is 3.35. The molecule has 0 radical (unpaired) electrons. The molecule has 8 nitrogen and oxygen atoms in total. The molecule has 1 aromatic rings. The van der Waals surface area contributed by atoms with E-state index in [2.05, 4.69) is 66.1 Å². The van der Waals surface area contributed by atoms with Gasteiger partial charge in [0.25, 0.3) is 0 Å². The fourth-order valence-electron chi connectivity index (χ4n) is 9.48. The van der Waals surface area contributed by atoms with E-state index in [1.54, 1.807) is 4.90 Å². The topological polar surface area (TPSA) is 85.9 Å². The first-order valence-electron chi connectivity index (χ1n) is 17.9. The maximum absolute atomic E-state index is 13.9. The van der Waals surface area contributed by atoms with Crippen LogP contribution >= 0.6 is 0 Å². The Labute approximate surface area is 280 Å². The first-order valence-corrected chi connectivity index (χ1v) is 19.5. The highest BCUT2D eigenvalue weighted by molar-refractivity contribution is 7.90. The lowest BCUT2D eigenvalue weighted by molar-refractivity contribution is -0.156. The van der Waals surface area contributed by atoms with Crippen molar-refractivity contribution < 1.29 is 26.3 Å². The molecule has 12 heteroatoms. The number of hydrogen-bond donors (Lipinski definition) is 3. The lowest BCUT2D eigenvalue weighted by Gasteiger charge is -2.57. The van der Waals surface area contributed by atoms with Gasteiger partial charge in [0.05, 0.1) is 18.4 Å². The molecule has 1 aromatic carbocycles. The fraction of sp³-hybridized carbons (Fsp3) is 0.829. The lowest BCUT2D eigenvalue weighted by atomic mass is 9.59. The van der Waals surface area contributed by atoms with Crippen LogP contribution in [0.1, 0.15) is 101 Å². The Balaban J connectivity index is 1.24. The van der Waals surface area contributed by atoms with Crippen molar-refractivity contribution in [2.45, 2.75) is 134 Å². The van der Waals surface area contributed by atoms with Crippen molar-refractivity contribution in [1.29, 1.82) is 0 Å². The minimum Gasteiger partial charge on any atom is -0.362 e. The highest BCUT2D eigenvalue weighted by Gasteiger charge is 2.50. The van der Waals surface area contributed by atoms with E-state index >= 15 is 0 Å². The van der Waals surface area contributed by atoms with Gasteiger partial charge in [-0.1, -0.05) is 38.5 Å². The third-order valence-corrected chi connectivity index (χ3v) is 13.7. The molecule has 47 heavy (non-hydrogen) atoms. The number of rotatable bonds is 5. The fourth-order valence-corrected chi connectivity index (χ4v) is 11.1. The standard InChI is InChI=1S/C35H56F3N5O3S/c1-23(2)15-27-21-46-31-17-30(32-24(3)7-5-8-25(32)4)39-33(40-31)41-47(44,45)29-10-6-9-26(16-29)20-43(27)28-18-34(19-28)11-13-42(14-12-34)22-35(36,37)38/h5,7-8,23,26-31,33,39-41H,6,9-22H2,1-4H3/t26?,27-,29?,30?,31?,33?/m1/s1. The van der Waals surface area contributed by atoms with Crippen molar-refractivity contribution in [1.82, 2.24) is 25.2 Å². The summed E-state index contributed by atoms with van der Waals surface area (Å²) < 4.78 is 76.7. The van der Waals surface area contributed by atoms with E-state index < -0.39 is 34.3 Å². The zero-order valence-electron chi connectivity index (χ0n) is 28.6. The molecule has 2 saturated carbocycles. The second kappa shape index (κ2) is 14.2. The van der Waals surface area contributed by atoms with E-state index in [9.17, 15) is 21.6 Å². The Hall–Kier alpha value is -1.28. The molecule has 6 atom stereocenters. The second-order valence-electron chi connectivity index (χ2n) is 15.9. The van der Waals surface area contributed by atoms with Crippen LogP contribution in [0.3, 0.4) is 0 Å². The Morgan fingerprint density at radius 3 is 2.40 bits per heavy atom. The van der Waals surface area contributed by atoms with Gasteiger partial charge in [0.2, 0.25) is 10.0 Å². The van der Waals surface area contributed by atoms with Gasteiger partial charge in [0.15, 0.2) is 0 Å². The van der Waals surface area contributed by atoms with Crippen molar-refractivity contribution in [3.63, 3.8) is 0 Å². The molecule has 5 unspecified atom stereocenters. The third kappa shape index (κ3) is 8.55. The van der Waals surface area contributed by atoms with Crippen molar-refractivity contribution in [3.05, 3.63) is 34.9 Å². The van der Waals surface area contributed by atoms with Crippen LogP contribution in [0.2, 0.25) is 0 Å². The molecule has 3 aliphatic heterocycles. The number of benzene rings is 1. The van der Waals surface area contributed by atoms with Gasteiger partial charge in [-0.15, -0.1) is 0 Å². The van der Waals surface area contributed by atoms with Gasteiger partial charge in [0.1, 0.15) is 12.5 Å². The molecule has 3 heterocycles. The molecule has 5 aliphatic rings. The van der Waals surface area contributed by atoms with Gasteiger partial charge in [0, 0.05) is 31.1 Å². The Kier molecular flexibility index (Phi) is 10.7. The van der Waals surface area contributed by atoms with Gasteiger partial charge >= 0.3 is 6.18 Å². The minimum atomic E-state index is -4.15. The Morgan fingerprint density at radius 1 is 1.04 bits per heavy atom. The quantitative estimate of drug-likeness (QED) is 0.375. The number of hydrogen-bond acceptors (Lipinski definition) is 7. The third-order valence-electron chi connectivity index (χ3n) is 11.8. The number of piperidine rings is 1. The minimum absolute atomic E-state index is 0.0752. The predicted octanol–water partition coefficient (Wildman–Crippen LogP) is 5.57. The van der Waals surface area contributed by atoms with Gasteiger partial charge in [-0.2, -0.15) is 17.9 Å². The molecule has 4 bridgehead atoms. The zero-order chi connectivity index (χ0) is 33.6. The zero-order valence-corrected chi connectivity index (χ0v) is 29.4. The molecule has 3 N–H and O–H groups in total. The lowest BCUT2D eigenvalue weighted by Crippen LogP contribution is -2.64. The Morgan fingerprint density at radius 2 is 1.74 bits per heavy atom. The molecular formula is C35H56F3N5O3S. The summed E-state index contributed by atoms with van der Waals surface area (Å²) in [4.78, 5) is 4.22. The maximum atomic E-state index is 13.9. The molecule has 5 fully saturated rings. The van der Waals surface area contributed by atoms with Crippen molar-refractivity contribution in [2.75, 3.05) is 32.8 Å². The van der Waals surface area contributed by atoms with Crippen molar-refractivity contribution in [3.8, 4) is 0 Å². The van der Waals surface area contributed by atoms with Crippen LogP contribution in [0.5, 0.6) is 0 Å². The smallest absolute Gasteiger partial charge is 0.362 e. The van der Waals surface area contributed by atoms with E-state index in [-0.39, 0.29) is 29.6 Å². The molecular weight excluding hydrogens is 627 g/mol. The van der Waals surface area contributed by atoms with E-state index in [0.29, 0.717) is 50.9 Å². The summed E-state index contributed by atoms with van der Waals surface area (Å²) in [6.45, 7) is 10.3. The Bertz CT molecular complexity index is 1310. The number of sulfonamides is 1.